The number of nitrogens with zero attached hydrogens (tertiary/aromatic N) is 2. The fraction of sp³-hybridized carbons (Fsp3) is 1.00. The molecule has 7 heteroatoms. The van der Waals surface area contributed by atoms with Gasteiger partial charge in [0.15, 0.2) is 0 Å². The topological polar surface area (TPSA) is 24.9 Å². The van der Waals surface area contributed by atoms with E-state index in [1.54, 1.807) is 0 Å². The van der Waals surface area contributed by atoms with Crippen molar-refractivity contribution in [2.75, 3.05) is 27.3 Å². The van der Waals surface area contributed by atoms with Gasteiger partial charge in [0.05, 0.1) is 0 Å². The number of rotatable bonds is 4. The van der Waals surface area contributed by atoms with E-state index in [4.69, 9.17) is 8.85 Å². The van der Waals surface area contributed by atoms with Gasteiger partial charge in [-0.3, -0.25) is 8.46 Å². The molecule has 0 N–H and O–H groups in total. The SMILES string of the molecule is CO[Si]1(OC)N([Si](C)(C)C(C)(C)C)CCN1[Si](C)(C)C(C)(C)C. The summed E-state index contributed by atoms with van der Waals surface area (Å²) in [6.45, 7) is 26.3. The standard InChI is InChI=1S/C16H40N2O2Si3/c1-15(2,3)21(9,10)17-13-14-18(23(17,19-7)20-8)22(11,12)16(4,5)6/h13-14H2,1-12H3. The van der Waals surface area contributed by atoms with Gasteiger partial charge in [-0.15, -0.1) is 0 Å². The van der Waals surface area contributed by atoms with Crippen molar-refractivity contribution in [1.82, 2.24) is 8.46 Å². The van der Waals surface area contributed by atoms with Crippen LogP contribution in [-0.4, -0.2) is 61.1 Å². The third kappa shape index (κ3) is 3.30. The van der Waals surface area contributed by atoms with Crippen molar-refractivity contribution < 1.29 is 8.85 Å². The van der Waals surface area contributed by atoms with Gasteiger partial charge in [-0.25, -0.2) is 0 Å². The predicted molar refractivity (Wildman–Crippen MR) is 108 cm³/mol. The molecule has 1 rings (SSSR count). The van der Waals surface area contributed by atoms with E-state index in [1.165, 1.54) is 0 Å². The minimum absolute atomic E-state index is 0.283. The molecular weight excluding hydrogens is 336 g/mol. The first-order valence-corrected chi connectivity index (χ1v) is 16.4. The molecule has 0 aliphatic carbocycles. The van der Waals surface area contributed by atoms with Crippen molar-refractivity contribution >= 4 is 25.4 Å². The molecule has 1 saturated heterocycles. The molecule has 0 amide bonds. The molecule has 0 aromatic heterocycles. The Hall–Kier alpha value is 0.491. The van der Waals surface area contributed by atoms with Crippen LogP contribution in [0.15, 0.2) is 0 Å². The van der Waals surface area contributed by atoms with E-state index in [9.17, 15) is 0 Å². The quantitative estimate of drug-likeness (QED) is 0.681. The van der Waals surface area contributed by atoms with Gasteiger partial charge in [0.2, 0.25) is 0 Å². The smallest absolute Gasteiger partial charge is 0.375 e. The predicted octanol–water partition coefficient (Wildman–Crippen LogP) is 4.34. The van der Waals surface area contributed by atoms with Gasteiger partial charge in [0.1, 0.15) is 16.5 Å². The lowest BCUT2D eigenvalue weighted by Gasteiger charge is -2.53. The normalized spacial score (nSPS) is 21.9. The van der Waals surface area contributed by atoms with E-state index in [0.717, 1.165) is 13.1 Å². The molecule has 1 aliphatic rings. The van der Waals surface area contributed by atoms with Crippen LogP contribution in [0.3, 0.4) is 0 Å². The van der Waals surface area contributed by atoms with Crippen LogP contribution in [0.4, 0.5) is 0 Å². The number of hydrogen-bond acceptors (Lipinski definition) is 4. The van der Waals surface area contributed by atoms with E-state index in [2.05, 4.69) is 76.2 Å². The lowest BCUT2D eigenvalue weighted by Crippen LogP contribution is -2.76. The fourth-order valence-electron chi connectivity index (χ4n) is 3.23. The molecule has 1 heterocycles. The summed E-state index contributed by atoms with van der Waals surface area (Å²) >= 11 is 0. The van der Waals surface area contributed by atoms with Crippen molar-refractivity contribution in [2.24, 2.45) is 0 Å². The summed E-state index contributed by atoms with van der Waals surface area (Å²) in [7, 11) is -2.22. The van der Waals surface area contributed by atoms with Crippen LogP contribution in [0.2, 0.25) is 36.3 Å². The minimum atomic E-state index is -2.54. The van der Waals surface area contributed by atoms with Crippen LogP contribution in [0.5, 0.6) is 0 Å². The molecule has 1 aliphatic heterocycles. The second-order valence-corrected chi connectivity index (χ2v) is 24.1. The summed E-state index contributed by atoms with van der Waals surface area (Å²) in [6.07, 6.45) is 0. The van der Waals surface area contributed by atoms with E-state index in [1.807, 2.05) is 14.2 Å². The largest absolute Gasteiger partial charge is 0.508 e. The average molecular weight is 377 g/mol. The summed E-state index contributed by atoms with van der Waals surface area (Å²) < 4.78 is 17.9. The third-order valence-corrected chi connectivity index (χ3v) is 25.2. The molecule has 138 valence electrons. The zero-order valence-corrected chi connectivity index (χ0v) is 20.6. The molecule has 0 aromatic rings. The van der Waals surface area contributed by atoms with Crippen LogP contribution < -0.4 is 0 Å². The highest BCUT2D eigenvalue weighted by Gasteiger charge is 2.66. The maximum absolute atomic E-state index is 6.27. The molecule has 0 spiro atoms. The van der Waals surface area contributed by atoms with E-state index in [-0.39, 0.29) is 10.1 Å². The van der Waals surface area contributed by atoms with E-state index < -0.39 is 25.4 Å². The Kier molecular flexibility index (Phi) is 5.93. The molecule has 0 unspecified atom stereocenters. The highest BCUT2D eigenvalue weighted by atomic mass is 28.5. The van der Waals surface area contributed by atoms with E-state index >= 15 is 0 Å². The molecule has 0 saturated carbocycles. The summed E-state index contributed by atoms with van der Waals surface area (Å²) in [4.78, 5) is 0. The second kappa shape index (κ2) is 6.34. The fourth-order valence-corrected chi connectivity index (χ4v) is 18.1. The molecule has 0 radical (unpaired) electrons. The summed E-state index contributed by atoms with van der Waals surface area (Å²) in [6, 6.07) is 0. The molecule has 23 heavy (non-hydrogen) atoms. The van der Waals surface area contributed by atoms with Crippen LogP contribution >= 0.6 is 0 Å². The molecule has 1 fully saturated rings. The molecule has 0 aromatic carbocycles. The molecule has 4 nitrogen and oxygen atoms in total. The van der Waals surface area contributed by atoms with Gasteiger partial charge in [0, 0.05) is 27.3 Å². The average Bonchev–Trinajstić information content (AvgIpc) is 2.76. The zero-order chi connectivity index (χ0) is 18.5. The minimum Gasteiger partial charge on any atom is -0.375 e. The van der Waals surface area contributed by atoms with Crippen LogP contribution in [-0.2, 0) is 8.85 Å². The maximum Gasteiger partial charge on any atom is 0.508 e. The summed E-state index contributed by atoms with van der Waals surface area (Å²) in [5, 5.41) is 0.567. The lowest BCUT2D eigenvalue weighted by molar-refractivity contribution is 0.175. The van der Waals surface area contributed by atoms with Crippen molar-refractivity contribution in [2.45, 2.75) is 77.8 Å². The molecule has 0 atom stereocenters. The maximum atomic E-state index is 6.27. The van der Waals surface area contributed by atoms with Crippen LogP contribution in [0.25, 0.3) is 0 Å². The first-order chi connectivity index (χ1) is 10.1. The molecule has 0 bridgehead atoms. The van der Waals surface area contributed by atoms with Gasteiger partial charge in [0.25, 0.3) is 0 Å². The zero-order valence-electron chi connectivity index (χ0n) is 17.6. The Bertz CT molecular complexity index is 388. The van der Waals surface area contributed by atoms with Crippen molar-refractivity contribution in [3.05, 3.63) is 0 Å². The Balaban J connectivity index is 3.42. The van der Waals surface area contributed by atoms with Crippen molar-refractivity contribution in [3.8, 4) is 0 Å². The second-order valence-electron chi connectivity index (χ2n) is 9.88. The van der Waals surface area contributed by atoms with Crippen molar-refractivity contribution in [3.63, 3.8) is 0 Å². The van der Waals surface area contributed by atoms with E-state index in [0.29, 0.717) is 0 Å². The Morgan fingerprint density at radius 1 is 0.696 bits per heavy atom. The monoisotopic (exact) mass is 376 g/mol. The van der Waals surface area contributed by atoms with Gasteiger partial charge in [-0.05, 0) is 10.1 Å². The van der Waals surface area contributed by atoms with Gasteiger partial charge >= 0.3 is 8.88 Å². The summed E-state index contributed by atoms with van der Waals surface area (Å²) in [5.41, 5.74) is 0. The lowest BCUT2D eigenvalue weighted by atomic mass is 10.2. The molecular formula is C16H40N2O2Si3. The summed E-state index contributed by atoms with van der Waals surface area (Å²) in [5.74, 6) is 0. The Morgan fingerprint density at radius 2 is 0.957 bits per heavy atom. The van der Waals surface area contributed by atoms with Gasteiger partial charge in [-0.1, -0.05) is 67.7 Å². The van der Waals surface area contributed by atoms with Gasteiger partial charge < -0.3 is 8.85 Å². The first kappa shape index (κ1) is 21.5. The first-order valence-electron chi connectivity index (χ1n) is 8.75. The van der Waals surface area contributed by atoms with Crippen LogP contribution in [0.1, 0.15) is 41.5 Å². The van der Waals surface area contributed by atoms with Crippen LogP contribution in [0, 0.1) is 0 Å². The highest BCUT2D eigenvalue weighted by molar-refractivity contribution is 6.94. The van der Waals surface area contributed by atoms with Gasteiger partial charge in [-0.2, -0.15) is 0 Å². The Labute approximate surface area is 148 Å². The third-order valence-electron chi connectivity index (χ3n) is 6.78. The van der Waals surface area contributed by atoms with Crippen molar-refractivity contribution in [1.29, 1.82) is 0 Å². The highest BCUT2D eigenvalue weighted by Crippen LogP contribution is 2.47. The Morgan fingerprint density at radius 3 is 1.13 bits per heavy atom. The number of hydrogen-bond donors (Lipinski definition) is 0.